The number of hydrogen-bond donors (Lipinski definition) is 1. The lowest BCUT2D eigenvalue weighted by Gasteiger charge is -2.25. The zero-order chi connectivity index (χ0) is 13.5. The van der Waals surface area contributed by atoms with Gasteiger partial charge in [0.25, 0.3) is 0 Å². The summed E-state index contributed by atoms with van der Waals surface area (Å²) < 4.78 is 13.6. The number of hydrogen-bond acceptors (Lipinski definition) is 4. The molecule has 4 rings (SSSR count). The first-order chi connectivity index (χ1) is 9.81. The Labute approximate surface area is 117 Å². The average molecular weight is 273 g/mol. The molecular weight excluding hydrogens is 254 g/mol. The fraction of sp³-hybridized carbons (Fsp3) is 0.533. The third-order valence-electron chi connectivity index (χ3n) is 4.43. The lowest BCUT2D eigenvalue weighted by atomic mass is 9.94. The number of aromatic nitrogens is 2. The topological polar surface area (TPSA) is 52.2 Å². The van der Waals surface area contributed by atoms with Crippen molar-refractivity contribution < 1.29 is 9.15 Å². The second kappa shape index (κ2) is 4.75. The van der Waals surface area contributed by atoms with Crippen LogP contribution < -0.4 is 5.32 Å². The fourth-order valence-electron chi connectivity index (χ4n) is 3.42. The minimum Gasteiger partial charge on any atom is -0.467 e. The first-order valence-electron chi connectivity index (χ1n) is 7.23. The van der Waals surface area contributed by atoms with Gasteiger partial charge in [-0.15, -0.1) is 0 Å². The zero-order valence-electron chi connectivity index (χ0n) is 11.5. The smallest absolute Gasteiger partial charge is 0.133 e. The van der Waals surface area contributed by atoms with Crippen LogP contribution in [-0.4, -0.2) is 27.8 Å². The minimum absolute atomic E-state index is 0.0158. The largest absolute Gasteiger partial charge is 0.467 e. The Kier molecular flexibility index (Phi) is 2.89. The number of furan rings is 1. The molecule has 0 aromatic carbocycles. The van der Waals surface area contributed by atoms with Crippen LogP contribution >= 0.6 is 0 Å². The molecule has 4 heterocycles. The highest BCUT2D eigenvalue weighted by Crippen LogP contribution is 2.36. The highest BCUT2D eigenvalue weighted by atomic mass is 16.5. The van der Waals surface area contributed by atoms with E-state index in [1.807, 2.05) is 36.1 Å². The first-order valence-corrected chi connectivity index (χ1v) is 7.23. The van der Waals surface area contributed by atoms with E-state index in [1.54, 1.807) is 6.26 Å². The van der Waals surface area contributed by atoms with Crippen LogP contribution in [0.15, 0.2) is 35.2 Å². The summed E-state index contributed by atoms with van der Waals surface area (Å²) in [6.07, 6.45) is 9.74. The molecule has 5 heteroatoms. The molecular formula is C15H19N3O2. The van der Waals surface area contributed by atoms with Gasteiger partial charge in [0, 0.05) is 25.5 Å². The third-order valence-corrected chi connectivity index (χ3v) is 4.43. The van der Waals surface area contributed by atoms with E-state index in [0.29, 0.717) is 18.2 Å². The molecule has 2 fully saturated rings. The number of aryl methyl sites for hydroxylation is 1. The second-order valence-electron chi connectivity index (χ2n) is 5.73. The summed E-state index contributed by atoms with van der Waals surface area (Å²) in [6, 6.07) is 4.29. The van der Waals surface area contributed by atoms with Gasteiger partial charge in [0.1, 0.15) is 17.6 Å². The molecule has 2 aliphatic heterocycles. The van der Waals surface area contributed by atoms with Crippen LogP contribution in [0.2, 0.25) is 0 Å². The van der Waals surface area contributed by atoms with Crippen molar-refractivity contribution in [2.45, 2.75) is 43.6 Å². The molecule has 20 heavy (non-hydrogen) atoms. The predicted molar refractivity (Wildman–Crippen MR) is 73.2 cm³/mol. The molecule has 2 bridgehead atoms. The summed E-state index contributed by atoms with van der Waals surface area (Å²) in [5.74, 6) is 1.88. The van der Waals surface area contributed by atoms with Crippen LogP contribution in [0.1, 0.15) is 36.9 Å². The number of nitrogens with zero attached hydrogens (tertiary/aromatic N) is 2. The molecule has 2 saturated heterocycles. The van der Waals surface area contributed by atoms with E-state index in [2.05, 4.69) is 10.3 Å². The number of rotatable bonds is 4. The predicted octanol–water partition coefficient (Wildman–Crippen LogP) is 2.01. The van der Waals surface area contributed by atoms with Crippen LogP contribution in [0.3, 0.4) is 0 Å². The number of ether oxygens (including phenoxy) is 1. The lowest BCUT2D eigenvalue weighted by molar-refractivity contribution is 0.0960. The van der Waals surface area contributed by atoms with Crippen molar-refractivity contribution in [3.8, 4) is 0 Å². The van der Waals surface area contributed by atoms with E-state index >= 15 is 0 Å². The van der Waals surface area contributed by atoms with Crippen molar-refractivity contribution in [2.75, 3.05) is 0 Å². The highest BCUT2D eigenvalue weighted by Gasteiger charge is 2.42. The van der Waals surface area contributed by atoms with E-state index in [0.717, 1.165) is 24.4 Å². The van der Waals surface area contributed by atoms with Gasteiger partial charge >= 0.3 is 0 Å². The molecule has 0 aliphatic carbocycles. The maximum absolute atomic E-state index is 5.93. The quantitative estimate of drug-likeness (QED) is 0.926. The summed E-state index contributed by atoms with van der Waals surface area (Å²) in [7, 11) is 2.01. The van der Waals surface area contributed by atoms with Crippen molar-refractivity contribution in [1.82, 2.24) is 14.9 Å². The Morgan fingerprint density at radius 1 is 1.45 bits per heavy atom. The molecule has 0 radical (unpaired) electrons. The Morgan fingerprint density at radius 2 is 2.40 bits per heavy atom. The van der Waals surface area contributed by atoms with Gasteiger partial charge in [0.15, 0.2) is 0 Å². The summed E-state index contributed by atoms with van der Waals surface area (Å²) in [4.78, 5) is 4.48. The normalized spacial score (nSPS) is 29.9. The van der Waals surface area contributed by atoms with Crippen molar-refractivity contribution >= 4 is 0 Å². The summed E-state index contributed by atoms with van der Waals surface area (Å²) in [6.45, 7) is 0. The number of fused-ring (bicyclic) bond motifs is 2. The van der Waals surface area contributed by atoms with Gasteiger partial charge in [0.2, 0.25) is 0 Å². The third kappa shape index (κ3) is 1.98. The van der Waals surface area contributed by atoms with E-state index in [9.17, 15) is 0 Å². The van der Waals surface area contributed by atoms with E-state index in [1.165, 1.54) is 6.42 Å². The van der Waals surface area contributed by atoms with Crippen LogP contribution in [0, 0.1) is 0 Å². The van der Waals surface area contributed by atoms with Crippen LogP contribution in [0.4, 0.5) is 0 Å². The van der Waals surface area contributed by atoms with Gasteiger partial charge < -0.3 is 13.7 Å². The van der Waals surface area contributed by atoms with E-state index in [4.69, 9.17) is 9.15 Å². The Bertz CT molecular complexity index is 578. The fourth-order valence-corrected chi connectivity index (χ4v) is 3.42. The molecule has 0 saturated carbocycles. The van der Waals surface area contributed by atoms with Gasteiger partial charge in [0.05, 0.1) is 18.5 Å². The van der Waals surface area contributed by atoms with Crippen molar-refractivity contribution in [3.05, 3.63) is 42.4 Å². The molecule has 0 spiro atoms. The monoisotopic (exact) mass is 273 g/mol. The molecule has 4 atom stereocenters. The van der Waals surface area contributed by atoms with Gasteiger partial charge in [-0.2, -0.15) is 0 Å². The molecule has 2 aromatic rings. The van der Waals surface area contributed by atoms with Crippen molar-refractivity contribution in [1.29, 1.82) is 0 Å². The maximum atomic E-state index is 5.93. The summed E-state index contributed by atoms with van der Waals surface area (Å²) in [5, 5.41) is 3.69. The summed E-state index contributed by atoms with van der Waals surface area (Å²) >= 11 is 0. The Morgan fingerprint density at radius 3 is 3.00 bits per heavy atom. The molecule has 106 valence electrons. The Balaban J connectivity index is 1.61. The van der Waals surface area contributed by atoms with E-state index in [-0.39, 0.29) is 6.04 Å². The van der Waals surface area contributed by atoms with Crippen molar-refractivity contribution in [3.63, 3.8) is 0 Å². The van der Waals surface area contributed by atoms with Gasteiger partial charge in [-0.05, 0) is 31.4 Å². The summed E-state index contributed by atoms with van der Waals surface area (Å²) in [5.41, 5.74) is 0. The standard InChI is InChI=1S/C15H19N3O2/c1-18-7-6-16-15(18)14(13-3-2-8-19-13)17-11-9-10-4-5-12(11)20-10/h2-3,6-8,10-12,14,17H,4-5,9H2,1H3. The van der Waals surface area contributed by atoms with Crippen molar-refractivity contribution in [2.24, 2.45) is 7.05 Å². The van der Waals surface area contributed by atoms with Crippen LogP contribution in [0.25, 0.3) is 0 Å². The molecule has 5 nitrogen and oxygen atoms in total. The highest BCUT2D eigenvalue weighted by molar-refractivity contribution is 5.17. The average Bonchev–Trinajstić information content (AvgIpc) is 3.21. The molecule has 0 amide bonds. The van der Waals surface area contributed by atoms with Gasteiger partial charge in [-0.25, -0.2) is 4.98 Å². The molecule has 2 aromatic heterocycles. The van der Waals surface area contributed by atoms with Gasteiger partial charge in [-0.3, -0.25) is 5.32 Å². The molecule has 2 aliphatic rings. The number of nitrogens with one attached hydrogen (secondary N) is 1. The maximum Gasteiger partial charge on any atom is 0.133 e. The first kappa shape index (κ1) is 12.2. The molecule has 4 unspecified atom stereocenters. The van der Waals surface area contributed by atoms with E-state index < -0.39 is 0 Å². The Hall–Kier alpha value is -1.59. The lowest BCUT2D eigenvalue weighted by Crippen LogP contribution is -2.40. The minimum atomic E-state index is -0.0158. The zero-order valence-corrected chi connectivity index (χ0v) is 11.5. The number of imidazole rings is 1. The van der Waals surface area contributed by atoms with Gasteiger partial charge in [-0.1, -0.05) is 0 Å². The molecule has 1 N–H and O–H groups in total. The van der Waals surface area contributed by atoms with Crippen LogP contribution in [-0.2, 0) is 11.8 Å². The second-order valence-corrected chi connectivity index (χ2v) is 5.73. The SMILES string of the molecule is Cn1ccnc1C(NC1CC2CCC1O2)c1ccco1. The van der Waals surface area contributed by atoms with Crippen LogP contribution in [0.5, 0.6) is 0 Å².